The molecule has 2 heterocycles. The fourth-order valence-electron chi connectivity index (χ4n) is 2.31. The van der Waals surface area contributed by atoms with Gasteiger partial charge in [-0.1, -0.05) is 0 Å². The van der Waals surface area contributed by atoms with Crippen molar-refractivity contribution in [2.75, 3.05) is 43.7 Å². The Morgan fingerprint density at radius 3 is 2.95 bits per heavy atom. The van der Waals surface area contributed by atoms with E-state index < -0.39 is 0 Å². The third-order valence-electron chi connectivity index (χ3n) is 3.31. The third kappa shape index (κ3) is 4.69. The Morgan fingerprint density at radius 2 is 2.29 bits per heavy atom. The molecule has 1 aliphatic heterocycles. The maximum absolute atomic E-state index is 12.1. The van der Waals surface area contributed by atoms with Crippen molar-refractivity contribution < 1.29 is 9.47 Å². The Kier molecular flexibility index (Phi) is 5.61. The molecule has 0 saturated carbocycles. The first kappa shape index (κ1) is 16.3. The van der Waals surface area contributed by atoms with Gasteiger partial charge in [-0.2, -0.15) is 5.10 Å². The van der Waals surface area contributed by atoms with Gasteiger partial charge in [-0.25, -0.2) is 4.68 Å². The highest BCUT2D eigenvalue weighted by molar-refractivity contribution is 6.17. The molecule has 1 aliphatic rings. The molecule has 21 heavy (non-hydrogen) atoms. The van der Waals surface area contributed by atoms with Gasteiger partial charge in [0.15, 0.2) is 0 Å². The van der Waals surface area contributed by atoms with Crippen molar-refractivity contribution >= 4 is 17.3 Å². The lowest BCUT2D eigenvalue weighted by Gasteiger charge is -2.39. The van der Waals surface area contributed by atoms with E-state index in [0.717, 1.165) is 18.8 Å². The summed E-state index contributed by atoms with van der Waals surface area (Å²) >= 11 is 5.52. The summed E-state index contributed by atoms with van der Waals surface area (Å²) in [4.78, 5) is 14.2. The van der Waals surface area contributed by atoms with Crippen LogP contribution in [0.2, 0.25) is 0 Å². The van der Waals surface area contributed by atoms with E-state index in [9.17, 15) is 4.79 Å². The molecular formula is C14H22ClN3O3. The molecule has 7 heteroatoms. The van der Waals surface area contributed by atoms with Crippen LogP contribution in [-0.2, 0) is 16.0 Å². The van der Waals surface area contributed by atoms with Gasteiger partial charge in [-0.15, -0.1) is 11.6 Å². The molecule has 0 aliphatic carbocycles. The van der Waals surface area contributed by atoms with Gasteiger partial charge in [0.1, 0.15) is 0 Å². The highest BCUT2D eigenvalue weighted by Gasteiger charge is 2.27. The van der Waals surface area contributed by atoms with Crippen LogP contribution in [0.25, 0.3) is 0 Å². The maximum Gasteiger partial charge on any atom is 0.268 e. The summed E-state index contributed by atoms with van der Waals surface area (Å²) in [6, 6.07) is 1.62. The fourth-order valence-corrected chi connectivity index (χ4v) is 2.42. The van der Waals surface area contributed by atoms with Gasteiger partial charge >= 0.3 is 0 Å². The first-order valence-electron chi connectivity index (χ1n) is 7.12. The monoisotopic (exact) mass is 315 g/mol. The number of hydrogen-bond donors (Lipinski definition) is 0. The van der Waals surface area contributed by atoms with Crippen molar-refractivity contribution in [1.29, 1.82) is 0 Å². The predicted molar refractivity (Wildman–Crippen MR) is 82.3 cm³/mol. The molecule has 6 nitrogen and oxygen atoms in total. The SMILES string of the molecule is CC1(C)CN(c2cnn(CCOCCCl)c(=O)c2)CCO1. The minimum absolute atomic E-state index is 0.119. The smallest absolute Gasteiger partial charge is 0.268 e. The van der Waals surface area contributed by atoms with Crippen molar-refractivity contribution in [2.45, 2.75) is 26.0 Å². The summed E-state index contributed by atoms with van der Waals surface area (Å²) in [5.74, 6) is 0.452. The number of aromatic nitrogens is 2. The fraction of sp³-hybridized carbons (Fsp3) is 0.714. The van der Waals surface area contributed by atoms with Gasteiger partial charge in [-0.3, -0.25) is 4.79 Å². The zero-order chi connectivity index (χ0) is 15.3. The summed E-state index contributed by atoms with van der Waals surface area (Å²) in [6.07, 6.45) is 1.73. The number of anilines is 1. The molecule has 0 amide bonds. The van der Waals surface area contributed by atoms with Crippen LogP contribution in [0.5, 0.6) is 0 Å². The minimum atomic E-state index is -0.206. The van der Waals surface area contributed by atoms with E-state index >= 15 is 0 Å². The van der Waals surface area contributed by atoms with Gasteiger partial charge in [0, 0.05) is 25.0 Å². The van der Waals surface area contributed by atoms with E-state index in [2.05, 4.69) is 10.00 Å². The number of ether oxygens (including phenoxy) is 2. The van der Waals surface area contributed by atoms with Crippen LogP contribution in [0.3, 0.4) is 0 Å². The molecule has 1 fully saturated rings. The highest BCUT2D eigenvalue weighted by atomic mass is 35.5. The molecule has 0 aromatic carbocycles. The predicted octanol–water partition coefficient (Wildman–Crippen LogP) is 1.11. The average molecular weight is 316 g/mol. The lowest BCUT2D eigenvalue weighted by molar-refractivity contribution is -0.0277. The van der Waals surface area contributed by atoms with Crippen molar-refractivity contribution in [1.82, 2.24) is 9.78 Å². The molecule has 0 spiro atoms. The summed E-state index contributed by atoms with van der Waals surface area (Å²) in [7, 11) is 0. The molecular weight excluding hydrogens is 294 g/mol. The van der Waals surface area contributed by atoms with E-state index in [-0.39, 0.29) is 11.2 Å². The maximum atomic E-state index is 12.1. The number of halogens is 1. The van der Waals surface area contributed by atoms with Crippen LogP contribution in [0, 0.1) is 0 Å². The number of hydrogen-bond acceptors (Lipinski definition) is 5. The molecule has 0 bridgehead atoms. The van der Waals surface area contributed by atoms with Gasteiger partial charge in [-0.05, 0) is 13.8 Å². The van der Waals surface area contributed by atoms with Gasteiger partial charge < -0.3 is 14.4 Å². The molecule has 0 N–H and O–H groups in total. The summed E-state index contributed by atoms with van der Waals surface area (Å²) < 4.78 is 12.3. The second kappa shape index (κ2) is 7.24. The Morgan fingerprint density at radius 1 is 1.48 bits per heavy atom. The van der Waals surface area contributed by atoms with E-state index in [4.69, 9.17) is 21.1 Å². The van der Waals surface area contributed by atoms with Crippen molar-refractivity contribution in [3.8, 4) is 0 Å². The standard InChI is InChI=1S/C14H22ClN3O3/c1-14(2)11-17(4-8-21-14)12-9-13(19)18(16-10-12)5-7-20-6-3-15/h9-10H,3-8,11H2,1-2H3. The van der Waals surface area contributed by atoms with Crippen LogP contribution in [-0.4, -0.2) is 54.2 Å². The Labute approximate surface area is 129 Å². The molecule has 118 valence electrons. The van der Waals surface area contributed by atoms with Crippen molar-refractivity contribution in [3.05, 3.63) is 22.6 Å². The van der Waals surface area contributed by atoms with Crippen LogP contribution < -0.4 is 10.5 Å². The zero-order valence-electron chi connectivity index (χ0n) is 12.5. The Hall–Kier alpha value is -1.11. The van der Waals surface area contributed by atoms with Crippen LogP contribution >= 0.6 is 11.6 Å². The van der Waals surface area contributed by atoms with Gasteiger partial charge in [0.05, 0.1) is 43.9 Å². The number of alkyl halides is 1. The van der Waals surface area contributed by atoms with Crippen LogP contribution in [0.15, 0.2) is 17.1 Å². The average Bonchev–Trinajstić information content (AvgIpc) is 2.44. The molecule has 0 unspecified atom stereocenters. The van der Waals surface area contributed by atoms with E-state index in [0.29, 0.717) is 32.2 Å². The second-order valence-electron chi connectivity index (χ2n) is 5.61. The first-order valence-corrected chi connectivity index (χ1v) is 7.65. The van der Waals surface area contributed by atoms with E-state index in [1.165, 1.54) is 4.68 Å². The number of rotatable bonds is 6. The van der Waals surface area contributed by atoms with Gasteiger partial charge in [0.2, 0.25) is 0 Å². The van der Waals surface area contributed by atoms with Crippen molar-refractivity contribution in [2.24, 2.45) is 0 Å². The topological polar surface area (TPSA) is 56.6 Å². The lowest BCUT2D eigenvalue weighted by atomic mass is 10.1. The number of nitrogens with zero attached hydrogens (tertiary/aromatic N) is 3. The van der Waals surface area contributed by atoms with Crippen LogP contribution in [0.4, 0.5) is 5.69 Å². The molecule has 0 atom stereocenters. The minimum Gasteiger partial charge on any atom is -0.378 e. The molecule has 1 saturated heterocycles. The summed E-state index contributed by atoms with van der Waals surface area (Å²) in [5, 5.41) is 4.21. The van der Waals surface area contributed by atoms with Gasteiger partial charge in [0.25, 0.3) is 5.56 Å². The second-order valence-corrected chi connectivity index (χ2v) is 5.98. The van der Waals surface area contributed by atoms with E-state index in [1.54, 1.807) is 12.3 Å². The Balaban J connectivity index is 2.00. The largest absolute Gasteiger partial charge is 0.378 e. The highest BCUT2D eigenvalue weighted by Crippen LogP contribution is 2.21. The Bertz CT molecular complexity index is 518. The summed E-state index contributed by atoms with van der Waals surface area (Å²) in [5.41, 5.74) is 0.517. The quantitative estimate of drug-likeness (QED) is 0.581. The third-order valence-corrected chi connectivity index (χ3v) is 3.47. The zero-order valence-corrected chi connectivity index (χ0v) is 13.3. The summed E-state index contributed by atoms with van der Waals surface area (Å²) in [6.45, 7) is 7.61. The number of morpholine rings is 1. The first-order chi connectivity index (χ1) is 10.0. The molecule has 1 aromatic heterocycles. The van der Waals surface area contributed by atoms with E-state index in [1.807, 2.05) is 13.8 Å². The molecule has 2 rings (SSSR count). The normalized spacial score (nSPS) is 18.0. The van der Waals surface area contributed by atoms with Crippen molar-refractivity contribution in [3.63, 3.8) is 0 Å². The van der Waals surface area contributed by atoms with Crippen LogP contribution in [0.1, 0.15) is 13.8 Å². The molecule has 0 radical (unpaired) electrons. The lowest BCUT2D eigenvalue weighted by Crippen LogP contribution is -2.48. The molecule has 1 aromatic rings.